The molecule has 1 aromatic carbocycles. The van der Waals surface area contributed by atoms with Crippen LogP contribution >= 0.6 is 23.6 Å². The first-order valence-electron chi connectivity index (χ1n) is 5.37. The van der Waals surface area contributed by atoms with Crippen molar-refractivity contribution < 1.29 is 8.98 Å². The molecular weight excluding hydrogens is 266 g/mol. The van der Waals surface area contributed by atoms with E-state index in [1.807, 2.05) is 29.6 Å². The molecule has 1 N–H and O–H groups in total. The molecule has 0 spiro atoms. The number of Topliss-reactive ketones (excluding diaryl/α,β-unsaturated/α-hetero) is 1. The lowest BCUT2D eigenvalue weighted by Gasteiger charge is -2.09. The van der Waals surface area contributed by atoms with Crippen LogP contribution in [0.4, 0.5) is 5.69 Å². The molecule has 2 aromatic rings. The third-order valence-electron chi connectivity index (χ3n) is 2.44. The van der Waals surface area contributed by atoms with Crippen LogP contribution in [0.3, 0.4) is 0 Å². The van der Waals surface area contributed by atoms with Crippen LogP contribution in [0.15, 0.2) is 35.7 Å². The maximum Gasteiger partial charge on any atom is 0.161 e. The number of hydrogen-bond acceptors (Lipinski definition) is 5. The third-order valence-corrected chi connectivity index (χ3v) is 3.83. The highest BCUT2D eigenvalue weighted by Crippen LogP contribution is 2.30. The zero-order valence-electron chi connectivity index (χ0n) is 10.1. The lowest BCUT2D eigenvalue weighted by molar-refractivity contribution is 0.101. The van der Waals surface area contributed by atoms with Crippen LogP contribution in [-0.2, 0) is 4.18 Å². The van der Waals surface area contributed by atoms with Crippen LogP contribution in [-0.4, -0.2) is 12.9 Å². The summed E-state index contributed by atoms with van der Waals surface area (Å²) in [6, 6.07) is 9.84. The molecule has 0 radical (unpaired) electrons. The first-order chi connectivity index (χ1) is 8.72. The minimum atomic E-state index is 0.0342. The van der Waals surface area contributed by atoms with Crippen molar-refractivity contribution in [3.63, 3.8) is 0 Å². The van der Waals surface area contributed by atoms with Crippen LogP contribution in [0.5, 0.6) is 0 Å². The summed E-state index contributed by atoms with van der Waals surface area (Å²) >= 11 is 2.77. The van der Waals surface area contributed by atoms with Gasteiger partial charge in [0.2, 0.25) is 0 Å². The van der Waals surface area contributed by atoms with Crippen LogP contribution < -0.4 is 4.72 Å². The predicted molar refractivity (Wildman–Crippen MR) is 78.0 cm³/mol. The Balaban J connectivity index is 2.38. The zero-order chi connectivity index (χ0) is 13.0. The first-order valence-corrected chi connectivity index (χ1v) is 6.99. The van der Waals surface area contributed by atoms with Gasteiger partial charge in [-0.05, 0) is 36.1 Å². The Bertz CT molecular complexity index is 538. The molecule has 0 unspecified atom stereocenters. The van der Waals surface area contributed by atoms with Gasteiger partial charge in [0.05, 0.1) is 12.8 Å². The van der Waals surface area contributed by atoms with Gasteiger partial charge in [-0.15, -0.1) is 11.3 Å². The average molecular weight is 279 g/mol. The number of hydrogen-bond donors (Lipinski definition) is 1. The highest BCUT2D eigenvalue weighted by atomic mass is 32.2. The van der Waals surface area contributed by atoms with Gasteiger partial charge < -0.3 is 8.91 Å². The van der Waals surface area contributed by atoms with E-state index in [4.69, 9.17) is 4.18 Å². The minimum absolute atomic E-state index is 0.0342. The molecule has 0 aliphatic heterocycles. The summed E-state index contributed by atoms with van der Waals surface area (Å²) in [6.07, 6.45) is 0. The molecule has 2 rings (SSSR count). The van der Waals surface area contributed by atoms with Crippen molar-refractivity contribution in [3.05, 3.63) is 41.3 Å². The van der Waals surface area contributed by atoms with E-state index in [0.717, 1.165) is 23.5 Å². The number of nitrogens with one attached hydrogen (secondary N) is 1. The molecule has 5 heteroatoms. The van der Waals surface area contributed by atoms with E-state index in [0.29, 0.717) is 5.56 Å². The topological polar surface area (TPSA) is 38.3 Å². The molecule has 94 valence electrons. The minimum Gasteiger partial charge on any atom is -0.306 e. The number of rotatable bonds is 5. The van der Waals surface area contributed by atoms with E-state index in [1.54, 1.807) is 25.4 Å². The third kappa shape index (κ3) is 2.93. The number of thiophene rings is 1. The number of anilines is 1. The fourth-order valence-electron chi connectivity index (χ4n) is 1.62. The van der Waals surface area contributed by atoms with Crippen molar-refractivity contribution in [2.75, 3.05) is 11.8 Å². The summed E-state index contributed by atoms with van der Waals surface area (Å²) in [5.74, 6) is 0.0342. The Morgan fingerprint density at radius 2 is 2.22 bits per heavy atom. The molecule has 0 fully saturated rings. The summed E-state index contributed by atoms with van der Waals surface area (Å²) < 4.78 is 7.93. The highest BCUT2D eigenvalue weighted by molar-refractivity contribution is 7.96. The van der Waals surface area contributed by atoms with Gasteiger partial charge in [0.1, 0.15) is 12.2 Å². The van der Waals surface area contributed by atoms with Gasteiger partial charge in [0.15, 0.2) is 5.78 Å². The zero-order valence-corrected chi connectivity index (χ0v) is 11.7. The highest BCUT2D eigenvalue weighted by Gasteiger charge is 2.09. The van der Waals surface area contributed by atoms with E-state index < -0.39 is 0 Å². The second-order valence-corrected chi connectivity index (χ2v) is 5.30. The number of benzene rings is 1. The van der Waals surface area contributed by atoms with Gasteiger partial charge in [-0.3, -0.25) is 4.79 Å². The fourth-order valence-corrected chi connectivity index (χ4v) is 2.68. The van der Waals surface area contributed by atoms with Crippen LogP contribution in [0, 0.1) is 0 Å². The van der Waals surface area contributed by atoms with Gasteiger partial charge in [0.25, 0.3) is 0 Å². The molecular formula is C13H13NO2S2. The van der Waals surface area contributed by atoms with Gasteiger partial charge in [-0.1, -0.05) is 12.1 Å². The summed E-state index contributed by atoms with van der Waals surface area (Å²) in [4.78, 5) is 12.7. The molecule has 0 aliphatic rings. The second kappa shape index (κ2) is 6.04. The van der Waals surface area contributed by atoms with Crippen LogP contribution in [0.2, 0.25) is 0 Å². The summed E-state index contributed by atoms with van der Waals surface area (Å²) in [5.41, 5.74) is 2.54. The molecule has 3 nitrogen and oxygen atoms in total. The molecule has 0 saturated heterocycles. The quantitative estimate of drug-likeness (QED) is 0.505. The molecule has 0 saturated carbocycles. The average Bonchev–Trinajstić information content (AvgIpc) is 2.89. The van der Waals surface area contributed by atoms with Crippen molar-refractivity contribution in [1.29, 1.82) is 0 Å². The van der Waals surface area contributed by atoms with E-state index in [9.17, 15) is 4.79 Å². The molecule has 1 aromatic heterocycles. The van der Waals surface area contributed by atoms with Crippen molar-refractivity contribution in [2.24, 2.45) is 0 Å². The van der Waals surface area contributed by atoms with Gasteiger partial charge >= 0.3 is 0 Å². The molecule has 18 heavy (non-hydrogen) atoms. The number of carbonyl (C=O) groups excluding carboxylic acids is 1. The number of carbonyl (C=O) groups is 1. The van der Waals surface area contributed by atoms with Crippen molar-refractivity contribution in [1.82, 2.24) is 0 Å². The maximum atomic E-state index is 11.5. The van der Waals surface area contributed by atoms with Gasteiger partial charge in [-0.2, -0.15) is 0 Å². The van der Waals surface area contributed by atoms with E-state index >= 15 is 0 Å². The Kier molecular flexibility index (Phi) is 4.41. The van der Waals surface area contributed by atoms with Gasteiger partial charge in [0, 0.05) is 10.4 Å². The smallest absolute Gasteiger partial charge is 0.161 e. The largest absolute Gasteiger partial charge is 0.306 e. The SMILES string of the molecule is COSNc1cc(-c2cccs2)ccc1C(C)=O. The van der Waals surface area contributed by atoms with Crippen molar-refractivity contribution >= 4 is 35.0 Å². The molecule has 0 bridgehead atoms. The summed E-state index contributed by atoms with van der Waals surface area (Å²) in [5, 5.41) is 2.03. The van der Waals surface area contributed by atoms with Crippen LogP contribution in [0.25, 0.3) is 10.4 Å². The standard InChI is InChI=1S/C13H13NO2S2/c1-9(15)11-6-5-10(13-4-3-7-17-13)8-12(11)14-18-16-2/h3-8,14H,1-2H3. The Morgan fingerprint density at radius 3 is 2.83 bits per heavy atom. The van der Waals surface area contributed by atoms with E-state index in [-0.39, 0.29) is 5.78 Å². The second-order valence-electron chi connectivity index (χ2n) is 3.65. The van der Waals surface area contributed by atoms with E-state index in [2.05, 4.69) is 10.8 Å². The normalized spacial score (nSPS) is 10.3. The predicted octanol–water partition coefficient (Wildman–Crippen LogP) is 4.24. The lowest BCUT2D eigenvalue weighted by atomic mass is 10.1. The molecule has 1 heterocycles. The Hall–Kier alpha value is -1.30. The van der Waals surface area contributed by atoms with Crippen molar-refractivity contribution in [3.8, 4) is 10.4 Å². The summed E-state index contributed by atoms with van der Waals surface area (Å²) in [7, 11) is 1.58. The first kappa shape index (κ1) is 13.1. The van der Waals surface area contributed by atoms with Crippen molar-refractivity contribution in [2.45, 2.75) is 6.92 Å². The Labute approximate surface area is 115 Å². The molecule has 0 amide bonds. The number of ketones is 1. The fraction of sp³-hybridized carbons (Fsp3) is 0.154. The van der Waals surface area contributed by atoms with Gasteiger partial charge in [-0.25, -0.2) is 0 Å². The summed E-state index contributed by atoms with van der Waals surface area (Å²) in [6.45, 7) is 1.56. The Morgan fingerprint density at radius 1 is 1.39 bits per heavy atom. The monoisotopic (exact) mass is 279 g/mol. The van der Waals surface area contributed by atoms with Crippen LogP contribution in [0.1, 0.15) is 17.3 Å². The maximum absolute atomic E-state index is 11.5. The lowest BCUT2D eigenvalue weighted by Crippen LogP contribution is -1.99. The molecule has 0 atom stereocenters. The van der Waals surface area contributed by atoms with E-state index in [1.165, 1.54) is 4.88 Å². The molecule has 0 aliphatic carbocycles.